The van der Waals surface area contributed by atoms with Gasteiger partial charge in [0, 0.05) is 15.1 Å². The number of nitrogens with one attached hydrogen (secondary N) is 1. The number of amides is 1. The number of thiazole rings is 1. The van der Waals surface area contributed by atoms with Gasteiger partial charge in [-0.3, -0.25) is 4.79 Å². The average Bonchev–Trinajstić information content (AvgIpc) is 3.14. The molecule has 4 nitrogen and oxygen atoms in total. The molecule has 1 amide bonds. The van der Waals surface area contributed by atoms with Crippen molar-refractivity contribution in [3.8, 4) is 16.3 Å². The molecule has 29 heavy (non-hydrogen) atoms. The molecule has 1 aromatic heterocycles. The van der Waals surface area contributed by atoms with E-state index in [4.69, 9.17) is 21.3 Å². The maximum Gasteiger partial charge on any atom is 0.262 e. The molecule has 4 aromatic rings. The van der Waals surface area contributed by atoms with Gasteiger partial charge in [-0.1, -0.05) is 39.7 Å². The van der Waals surface area contributed by atoms with E-state index < -0.39 is 0 Å². The smallest absolute Gasteiger partial charge is 0.262 e. The van der Waals surface area contributed by atoms with Crippen LogP contribution in [0.1, 0.15) is 5.56 Å². The number of rotatable bonds is 5. The zero-order valence-electron chi connectivity index (χ0n) is 15.4. The van der Waals surface area contributed by atoms with Crippen molar-refractivity contribution in [1.29, 1.82) is 0 Å². The third-order valence-corrected chi connectivity index (χ3v) is 6.27. The molecule has 4 rings (SSSR count). The summed E-state index contributed by atoms with van der Waals surface area (Å²) < 4.78 is 7.61. The Morgan fingerprint density at radius 2 is 2.00 bits per heavy atom. The number of benzene rings is 3. The van der Waals surface area contributed by atoms with Crippen LogP contribution < -0.4 is 10.1 Å². The highest BCUT2D eigenvalue weighted by atomic mass is 79.9. The lowest BCUT2D eigenvalue weighted by Gasteiger charge is -2.11. The second kappa shape index (κ2) is 8.53. The van der Waals surface area contributed by atoms with Crippen molar-refractivity contribution < 1.29 is 9.53 Å². The minimum Gasteiger partial charge on any atom is -0.484 e. The van der Waals surface area contributed by atoms with Crippen LogP contribution >= 0.6 is 38.9 Å². The second-order valence-corrected chi connectivity index (χ2v) is 8.78. The van der Waals surface area contributed by atoms with E-state index >= 15 is 0 Å². The Hall–Kier alpha value is -2.41. The minimum absolute atomic E-state index is 0.101. The largest absolute Gasteiger partial charge is 0.484 e. The van der Waals surface area contributed by atoms with Gasteiger partial charge in [0.1, 0.15) is 10.8 Å². The van der Waals surface area contributed by atoms with Gasteiger partial charge < -0.3 is 10.1 Å². The van der Waals surface area contributed by atoms with Gasteiger partial charge in [-0.2, -0.15) is 0 Å². The second-order valence-electron chi connectivity index (χ2n) is 6.42. The van der Waals surface area contributed by atoms with E-state index in [1.165, 1.54) is 0 Å². The summed E-state index contributed by atoms with van der Waals surface area (Å²) >= 11 is 11.1. The number of para-hydroxylation sites is 1. The van der Waals surface area contributed by atoms with Crippen molar-refractivity contribution in [2.24, 2.45) is 0 Å². The molecular formula is C22H16BrClN2O2S. The molecule has 0 bridgehead atoms. The topological polar surface area (TPSA) is 51.2 Å². The van der Waals surface area contributed by atoms with E-state index in [9.17, 15) is 4.79 Å². The summed E-state index contributed by atoms with van der Waals surface area (Å²) in [6.07, 6.45) is 0. The van der Waals surface area contributed by atoms with Crippen LogP contribution in [0, 0.1) is 6.92 Å². The Kier molecular flexibility index (Phi) is 5.85. The molecule has 3 aromatic carbocycles. The standard InChI is InChI=1S/C22H16BrClN2O2S/c1-13-10-15(7-8-17(13)24)28-12-21(27)25-18-9-6-14(23)11-16(18)22-26-19-4-2-3-5-20(19)29-22/h2-11H,12H2,1H3,(H,25,27). The average molecular weight is 488 g/mol. The summed E-state index contributed by atoms with van der Waals surface area (Å²) in [6.45, 7) is 1.79. The summed E-state index contributed by atoms with van der Waals surface area (Å²) in [7, 11) is 0. The third kappa shape index (κ3) is 4.61. The third-order valence-electron chi connectivity index (χ3n) is 4.28. The highest BCUT2D eigenvalue weighted by Gasteiger charge is 2.14. The molecule has 0 atom stereocenters. The summed E-state index contributed by atoms with van der Waals surface area (Å²) in [6, 6.07) is 19.0. The van der Waals surface area contributed by atoms with Gasteiger partial charge in [-0.05, 0) is 61.0 Å². The predicted octanol–water partition coefficient (Wildman–Crippen LogP) is 6.71. The predicted molar refractivity (Wildman–Crippen MR) is 123 cm³/mol. The number of halogens is 2. The zero-order valence-corrected chi connectivity index (χ0v) is 18.6. The lowest BCUT2D eigenvalue weighted by Crippen LogP contribution is -2.20. The van der Waals surface area contributed by atoms with Crippen molar-refractivity contribution in [3.63, 3.8) is 0 Å². The van der Waals surface area contributed by atoms with Crippen molar-refractivity contribution in [2.45, 2.75) is 6.92 Å². The number of hydrogen-bond acceptors (Lipinski definition) is 4. The van der Waals surface area contributed by atoms with Crippen LogP contribution in [0.3, 0.4) is 0 Å². The van der Waals surface area contributed by atoms with Crippen LogP contribution in [-0.4, -0.2) is 17.5 Å². The van der Waals surface area contributed by atoms with E-state index in [-0.39, 0.29) is 12.5 Å². The molecular weight excluding hydrogens is 472 g/mol. The monoisotopic (exact) mass is 486 g/mol. The summed E-state index contributed by atoms with van der Waals surface area (Å²) in [5.74, 6) is 0.353. The summed E-state index contributed by atoms with van der Waals surface area (Å²) in [4.78, 5) is 17.2. The first-order valence-electron chi connectivity index (χ1n) is 8.84. The normalized spacial score (nSPS) is 10.9. The fourth-order valence-corrected chi connectivity index (χ4v) is 4.31. The fraction of sp³-hybridized carbons (Fsp3) is 0.0909. The Balaban J connectivity index is 1.53. The molecule has 0 unspecified atom stereocenters. The molecule has 0 aliphatic rings. The van der Waals surface area contributed by atoms with Crippen LogP contribution in [0.4, 0.5) is 5.69 Å². The minimum atomic E-state index is -0.248. The quantitative estimate of drug-likeness (QED) is 0.340. The molecule has 7 heteroatoms. The van der Waals surface area contributed by atoms with Gasteiger partial charge in [-0.25, -0.2) is 4.98 Å². The highest BCUT2D eigenvalue weighted by molar-refractivity contribution is 9.10. The van der Waals surface area contributed by atoms with Crippen LogP contribution in [0.2, 0.25) is 5.02 Å². The number of anilines is 1. The van der Waals surface area contributed by atoms with Crippen LogP contribution in [0.5, 0.6) is 5.75 Å². The molecule has 0 radical (unpaired) electrons. The highest BCUT2D eigenvalue weighted by Crippen LogP contribution is 2.36. The Morgan fingerprint density at radius 3 is 2.79 bits per heavy atom. The van der Waals surface area contributed by atoms with Gasteiger partial charge in [0.15, 0.2) is 6.61 Å². The molecule has 0 saturated carbocycles. The lowest BCUT2D eigenvalue weighted by molar-refractivity contribution is -0.118. The van der Waals surface area contributed by atoms with E-state index in [0.717, 1.165) is 30.8 Å². The van der Waals surface area contributed by atoms with Crippen molar-refractivity contribution in [2.75, 3.05) is 11.9 Å². The first kappa shape index (κ1) is 19.9. The number of nitrogens with zero attached hydrogens (tertiary/aromatic N) is 1. The molecule has 0 aliphatic heterocycles. The van der Waals surface area contributed by atoms with Gasteiger partial charge in [0.05, 0.1) is 15.9 Å². The fourth-order valence-electron chi connectivity index (χ4n) is 2.83. The van der Waals surface area contributed by atoms with E-state index in [1.807, 2.05) is 55.5 Å². The maximum atomic E-state index is 12.5. The van der Waals surface area contributed by atoms with Gasteiger partial charge in [-0.15, -0.1) is 11.3 Å². The summed E-state index contributed by atoms with van der Waals surface area (Å²) in [5.41, 5.74) is 3.38. The van der Waals surface area contributed by atoms with E-state index in [2.05, 4.69) is 21.2 Å². The maximum absolute atomic E-state index is 12.5. The molecule has 0 saturated heterocycles. The number of fused-ring (bicyclic) bond motifs is 1. The number of carbonyl (C=O) groups excluding carboxylic acids is 1. The van der Waals surface area contributed by atoms with Gasteiger partial charge >= 0.3 is 0 Å². The SMILES string of the molecule is Cc1cc(OCC(=O)Nc2ccc(Br)cc2-c2nc3ccccc3s2)ccc1Cl. The van der Waals surface area contributed by atoms with E-state index in [1.54, 1.807) is 23.5 Å². The molecule has 1 N–H and O–H groups in total. The van der Waals surface area contributed by atoms with Crippen LogP contribution in [-0.2, 0) is 4.79 Å². The van der Waals surface area contributed by atoms with Gasteiger partial charge in [0.2, 0.25) is 0 Å². The zero-order chi connectivity index (χ0) is 20.4. The molecule has 0 fully saturated rings. The molecule has 146 valence electrons. The summed E-state index contributed by atoms with van der Waals surface area (Å²) in [5, 5.41) is 4.44. The Bertz CT molecular complexity index is 1180. The van der Waals surface area contributed by atoms with Gasteiger partial charge in [0.25, 0.3) is 5.91 Å². The number of carbonyl (C=O) groups is 1. The first-order chi connectivity index (χ1) is 14.0. The van der Waals surface area contributed by atoms with Crippen molar-refractivity contribution in [3.05, 3.63) is 75.7 Å². The molecule has 0 aliphatic carbocycles. The number of hydrogen-bond donors (Lipinski definition) is 1. The van der Waals surface area contributed by atoms with Crippen molar-refractivity contribution >= 4 is 60.7 Å². The van der Waals surface area contributed by atoms with Crippen LogP contribution in [0.15, 0.2) is 65.1 Å². The number of ether oxygens (including phenoxy) is 1. The van der Waals surface area contributed by atoms with Crippen molar-refractivity contribution in [1.82, 2.24) is 4.98 Å². The lowest BCUT2D eigenvalue weighted by atomic mass is 10.2. The first-order valence-corrected chi connectivity index (χ1v) is 10.8. The number of aromatic nitrogens is 1. The number of aryl methyl sites for hydroxylation is 1. The molecule has 1 heterocycles. The van der Waals surface area contributed by atoms with Crippen LogP contribution in [0.25, 0.3) is 20.8 Å². The Labute approximate surface area is 185 Å². The molecule has 0 spiro atoms. The Morgan fingerprint density at radius 1 is 1.17 bits per heavy atom. The van der Waals surface area contributed by atoms with E-state index in [0.29, 0.717) is 16.5 Å².